The molecule has 0 fully saturated rings. The van der Waals surface area contributed by atoms with E-state index in [2.05, 4.69) is 52.0 Å². The predicted molar refractivity (Wildman–Crippen MR) is 94.7 cm³/mol. The Hall–Kier alpha value is -1.88. The minimum atomic E-state index is 0.0901. The first kappa shape index (κ1) is 16.5. The lowest BCUT2D eigenvalue weighted by atomic mass is 9.91. The molecule has 2 heterocycles. The number of nitrogens with one attached hydrogen (secondary N) is 2. The van der Waals surface area contributed by atoms with Crippen molar-refractivity contribution in [2.75, 3.05) is 20.1 Å². The molecule has 2 aromatic heterocycles. The van der Waals surface area contributed by atoms with E-state index in [-0.39, 0.29) is 5.41 Å². The molecule has 118 valence electrons. The Kier molecular flexibility index (Phi) is 5.95. The van der Waals surface area contributed by atoms with Gasteiger partial charge in [-0.2, -0.15) is 0 Å². The Morgan fingerprint density at radius 3 is 2.73 bits per heavy atom. The summed E-state index contributed by atoms with van der Waals surface area (Å²) >= 11 is 1.80. The van der Waals surface area contributed by atoms with Crippen molar-refractivity contribution in [2.45, 2.75) is 25.7 Å². The van der Waals surface area contributed by atoms with Crippen LogP contribution in [0, 0.1) is 0 Å². The lowest BCUT2D eigenvalue weighted by molar-refractivity contribution is 0.518. The third-order valence-electron chi connectivity index (χ3n) is 3.51. The van der Waals surface area contributed by atoms with Crippen molar-refractivity contribution in [1.29, 1.82) is 0 Å². The molecule has 0 saturated carbocycles. The molecule has 0 atom stereocenters. The summed E-state index contributed by atoms with van der Waals surface area (Å²) in [5, 5.41) is 8.87. The normalized spacial score (nSPS) is 12.2. The summed E-state index contributed by atoms with van der Waals surface area (Å²) in [7, 11) is 1.80. The van der Waals surface area contributed by atoms with Gasteiger partial charge in [-0.15, -0.1) is 11.3 Å². The minimum Gasteiger partial charge on any atom is -0.356 e. The van der Waals surface area contributed by atoms with Crippen molar-refractivity contribution in [3.05, 3.63) is 52.5 Å². The summed E-state index contributed by atoms with van der Waals surface area (Å²) in [5.74, 6) is 0.834. The molecule has 0 saturated heterocycles. The van der Waals surface area contributed by atoms with Crippen molar-refractivity contribution < 1.29 is 0 Å². The number of guanidine groups is 1. The van der Waals surface area contributed by atoms with Crippen LogP contribution in [0.25, 0.3) is 0 Å². The number of aromatic nitrogens is 1. The topological polar surface area (TPSA) is 49.3 Å². The maximum atomic E-state index is 4.32. The summed E-state index contributed by atoms with van der Waals surface area (Å²) in [6.45, 7) is 6.15. The van der Waals surface area contributed by atoms with Crippen LogP contribution in [0.4, 0.5) is 0 Å². The Morgan fingerprint density at radius 1 is 1.23 bits per heavy atom. The molecule has 0 amide bonds. The standard InChI is InChI=1S/C17H24N4S/c1-17(2,15-8-6-12-22-15)13-21-16(18-3)20-11-9-14-7-4-5-10-19-14/h4-8,10,12H,9,11,13H2,1-3H3,(H2,18,20,21). The molecule has 0 aliphatic heterocycles. The van der Waals surface area contributed by atoms with Gasteiger partial charge in [0.15, 0.2) is 5.96 Å². The van der Waals surface area contributed by atoms with Crippen LogP contribution in [0.3, 0.4) is 0 Å². The fraction of sp³-hybridized carbons (Fsp3) is 0.412. The molecule has 5 heteroatoms. The van der Waals surface area contributed by atoms with Crippen molar-refractivity contribution >= 4 is 17.3 Å². The monoisotopic (exact) mass is 316 g/mol. The maximum Gasteiger partial charge on any atom is 0.191 e. The van der Waals surface area contributed by atoms with E-state index in [1.807, 2.05) is 24.4 Å². The van der Waals surface area contributed by atoms with Crippen LogP contribution >= 0.6 is 11.3 Å². The first-order valence-electron chi connectivity index (χ1n) is 7.50. The molecule has 2 rings (SSSR count). The van der Waals surface area contributed by atoms with Crippen LogP contribution in [0.15, 0.2) is 46.9 Å². The second-order valence-corrected chi connectivity index (χ2v) is 6.73. The number of pyridine rings is 1. The van der Waals surface area contributed by atoms with E-state index in [1.165, 1.54) is 4.88 Å². The highest BCUT2D eigenvalue weighted by molar-refractivity contribution is 7.10. The number of hydrogen-bond donors (Lipinski definition) is 2. The first-order valence-corrected chi connectivity index (χ1v) is 8.38. The van der Waals surface area contributed by atoms with Crippen LogP contribution in [-0.4, -0.2) is 31.1 Å². The lowest BCUT2D eigenvalue weighted by Crippen LogP contribution is -2.43. The highest BCUT2D eigenvalue weighted by Crippen LogP contribution is 2.26. The summed E-state index contributed by atoms with van der Waals surface area (Å²) in [6, 6.07) is 10.3. The van der Waals surface area contributed by atoms with Crippen LogP contribution in [0.5, 0.6) is 0 Å². The summed E-state index contributed by atoms with van der Waals surface area (Å²) < 4.78 is 0. The number of rotatable bonds is 6. The second-order valence-electron chi connectivity index (χ2n) is 5.78. The third kappa shape index (κ3) is 4.84. The molecule has 0 aliphatic rings. The fourth-order valence-corrected chi connectivity index (χ4v) is 2.98. The van der Waals surface area contributed by atoms with Crippen LogP contribution < -0.4 is 10.6 Å². The highest BCUT2D eigenvalue weighted by Gasteiger charge is 2.21. The molecule has 2 aromatic rings. The first-order chi connectivity index (χ1) is 10.6. The molecular weight excluding hydrogens is 292 g/mol. The van der Waals surface area contributed by atoms with Crippen LogP contribution in [-0.2, 0) is 11.8 Å². The summed E-state index contributed by atoms with van der Waals surface area (Å²) in [4.78, 5) is 9.98. The fourth-order valence-electron chi connectivity index (χ4n) is 2.13. The zero-order valence-electron chi connectivity index (χ0n) is 13.5. The third-order valence-corrected chi connectivity index (χ3v) is 4.75. The minimum absolute atomic E-state index is 0.0901. The van der Waals surface area contributed by atoms with Gasteiger partial charge >= 0.3 is 0 Å². The van der Waals surface area contributed by atoms with Gasteiger partial charge in [-0.25, -0.2) is 0 Å². The number of nitrogens with zero attached hydrogens (tertiary/aromatic N) is 2. The van der Waals surface area contributed by atoms with Crippen molar-refractivity contribution in [3.63, 3.8) is 0 Å². The SMILES string of the molecule is CN=C(NCCc1ccccn1)NCC(C)(C)c1cccs1. The van der Waals surface area contributed by atoms with Gasteiger partial charge in [0.25, 0.3) is 0 Å². The quantitative estimate of drug-likeness (QED) is 0.636. The lowest BCUT2D eigenvalue weighted by Gasteiger charge is -2.25. The molecule has 0 aliphatic carbocycles. The van der Waals surface area contributed by atoms with Crippen molar-refractivity contribution in [2.24, 2.45) is 4.99 Å². The Balaban J connectivity index is 1.78. The summed E-state index contributed by atoms with van der Waals surface area (Å²) in [6.07, 6.45) is 2.71. The number of thiophene rings is 1. The smallest absolute Gasteiger partial charge is 0.191 e. The van der Waals surface area contributed by atoms with E-state index >= 15 is 0 Å². The van der Waals surface area contributed by atoms with Gasteiger partial charge in [0.2, 0.25) is 0 Å². The summed E-state index contributed by atoms with van der Waals surface area (Å²) in [5.41, 5.74) is 1.18. The molecule has 0 radical (unpaired) electrons. The second kappa shape index (κ2) is 7.94. The van der Waals surface area contributed by atoms with E-state index in [4.69, 9.17) is 0 Å². The van der Waals surface area contributed by atoms with Gasteiger partial charge in [-0.05, 0) is 23.6 Å². The van der Waals surface area contributed by atoms with E-state index in [9.17, 15) is 0 Å². The molecule has 2 N–H and O–H groups in total. The number of aliphatic imine (C=N–C) groups is 1. The van der Waals surface area contributed by atoms with Gasteiger partial charge in [-0.3, -0.25) is 9.98 Å². The molecule has 0 unspecified atom stereocenters. The maximum absolute atomic E-state index is 4.32. The van der Waals surface area contributed by atoms with Gasteiger partial charge < -0.3 is 10.6 Å². The van der Waals surface area contributed by atoms with Gasteiger partial charge in [0.1, 0.15) is 0 Å². The average molecular weight is 316 g/mol. The van der Waals surface area contributed by atoms with E-state index in [0.717, 1.165) is 31.2 Å². The van der Waals surface area contributed by atoms with Gasteiger partial charge in [0, 0.05) is 48.7 Å². The van der Waals surface area contributed by atoms with Crippen molar-refractivity contribution in [1.82, 2.24) is 15.6 Å². The van der Waals surface area contributed by atoms with Crippen LogP contribution in [0.2, 0.25) is 0 Å². The van der Waals surface area contributed by atoms with Crippen molar-refractivity contribution in [3.8, 4) is 0 Å². The molecular formula is C17H24N4S. The predicted octanol–water partition coefficient (Wildman–Crippen LogP) is 2.83. The average Bonchev–Trinajstić information content (AvgIpc) is 3.07. The van der Waals surface area contributed by atoms with Gasteiger partial charge in [-0.1, -0.05) is 26.0 Å². The Bertz CT molecular complexity index is 576. The molecule has 0 spiro atoms. The molecule has 0 aromatic carbocycles. The zero-order valence-corrected chi connectivity index (χ0v) is 14.3. The molecule has 22 heavy (non-hydrogen) atoms. The Morgan fingerprint density at radius 2 is 2.09 bits per heavy atom. The molecule has 4 nitrogen and oxygen atoms in total. The van der Waals surface area contributed by atoms with E-state index < -0.39 is 0 Å². The van der Waals surface area contributed by atoms with E-state index in [1.54, 1.807) is 18.4 Å². The largest absolute Gasteiger partial charge is 0.356 e. The molecule has 0 bridgehead atoms. The highest BCUT2D eigenvalue weighted by atomic mass is 32.1. The number of hydrogen-bond acceptors (Lipinski definition) is 3. The zero-order chi connectivity index (χ0) is 15.8. The van der Waals surface area contributed by atoms with Gasteiger partial charge in [0.05, 0.1) is 0 Å². The van der Waals surface area contributed by atoms with Crippen LogP contribution in [0.1, 0.15) is 24.4 Å². The van der Waals surface area contributed by atoms with E-state index in [0.29, 0.717) is 0 Å². The Labute approximate surface area is 136 Å².